The number of aliphatic carboxylic acids is 1. The van der Waals surface area contributed by atoms with Crippen molar-refractivity contribution in [1.29, 1.82) is 0 Å². The third-order valence-electron chi connectivity index (χ3n) is 6.41. The number of carbonyl (C=O) groups is 3. The van der Waals surface area contributed by atoms with Crippen LogP contribution in [0.2, 0.25) is 0 Å². The first-order chi connectivity index (χ1) is 19.7. The molecule has 9 nitrogen and oxygen atoms in total. The number of hydrogen-bond donors (Lipinski definition) is 2. The molecule has 0 spiro atoms. The van der Waals surface area contributed by atoms with Gasteiger partial charge in [-0.3, -0.25) is 14.5 Å². The van der Waals surface area contributed by atoms with Crippen LogP contribution in [0.4, 0.5) is 4.79 Å². The molecular weight excluding hydrogens is 522 g/mol. The van der Waals surface area contributed by atoms with E-state index in [9.17, 15) is 19.5 Å². The fourth-order valence-electron chi connectivity index (χ4n) is 4.38. The predicted octanol–water partition coefficient (Wildman–Crippen LogP) is 6.53. The van der Waals surface area contributed by atoms with Gasteiger partial charge in [-0.2, -0.15) is 0 Å². The summed E-state index contributed by atoms with van der Waals surface area (Å²) < 4.78 is 11.5. The maximum atomic E-state index is 13.2. The van der Waals surface area contributed by atoms with Crippen molar-refractivity contribution in [3.63, 3.8) is 0 Å². The zero-order valence-corrected chi connectivity index (χ0v) is 23.2. The molecule has 0 saturated carbocycles. The highest BCUT2D eigenvalue weighted by atomic mass is 16.6. The van der Waals surface area contributed by atoms with Gasteiger partial charge in [0.05, 0.1) is 17.9 Å². The monoisotopic (exact) mass is 555 g/mol. The lowest BCUT2D eigenvalue weighted by Crippen LogP contribution is -2.41. The van der Waals surface area contributed by atoms with Crippen molar-refractivity contribution in [3.8, 4) is 22.9 Å². The molecule has 2 N–H and O–H groups in total. The number of hydrogen-bond acceptors (Lipinski definition) is 6. The van der Waals surface area contributed by atoms with Crippen LogP contribution < -0.4 is 9.47 Å². The number of nitrogens with zero attached hydrogens (tertiary/aromatic N) is 2. The summed E-state index contributed by atoms with van der Waals surface area (Å²) in [5, 5.41) is 9.61. The van der Waals surface area contributed by atoms with Crippen LogP contribution in [0.3, 0.4) is 0 Å². The number of rotatable bonds is 12. The van der Waals surface area contributed by atoms with Crippen molar-refractivity contribution in [3.05, 3.63) is 102 Å². The second-order valence-electron chi connectivity index (χ2n) is 10.1. The van der Waals surface area contributed by atoms with Gasteiger partial charge in [-0.15, -0.1) is 0 Å². The van der Waals surface area contributed by atoms with E-state index in [0.717, 1.165) is 22.6 Å². The average Bonchev–Trinajstić information content (AvgIpc) is 3.44. The van der Waals surface area contributed by atoms with E-state index in [1.54, 1.807) is 30.5 Å². The zero-order chi connectivity index (χ0) is 29.4. The molecule has 1 amide bonds. The molecule has 1 heterocycles. The molecule has 4 rings (SSSR count). The summed E-state index contributed by atoms with van der Waals surface area (Å²) in [7, 11) is 0. The summed E-state index contributed by atoms with van der Waals surface area (Å²) in [5.74, 6) is 0.492. The molecular formula is C32H33N3O6. The topological polar surface area (TPSA) is 122 Å². The van der Waals surface area contributed by atoms with E-state index in [1.165, 1.54) is 24.0 Å². The van der Waals surface area contributed by atoms with Crippen molar-refractivity contribution in [2.75, 3.05) is 6.54 Å². The summed E-state index contributed by atoms with van der Waals surface area (Å²) >= 11 is 0. The van der Waals surface area contributed by atoms with E-state index in [4.69, 9.17) is 9.47 Å². The van der Waals surface area contributed by atoms with Gasteiger partial charge in [0.2, 0.25) is 0 Å². The van der Waals surface area contributed by atoms with E-state index in [1.807, 2.05) is 56.3 Å². The average molecular weight is 556 g/mol. The Labute approximate surface area is 238 Å². The maximum Gasteiger partial charge on any atom is 0.416 e. The van der Waals surface area contributed by atoms with Gasteiger partial charge >= 0.3 is 12.1 Å². The first-order valence-corrected chi connectivity index (χ1v) is 13.3. The highest BCUT2D eigenvalue weighted by molar-refractivity contribution is 5.94. The predicted molar refractivity (Wildman–Crippen MR) is 154 cm³/mol. The smallest absolute Gasteiger partial charge is 0.416 e. The summed E-state index contributed by atoms with van der Waals surface area (Å²) in [6.45, 7) is 5.20. The summed E-state index contributed by atoms with van der Waals surface area (Å²) in [4.78, 5) is 45.4. The number of benzene rings is 3. The molecule has 0 fully saturated rings. The Morgan fingerprint density at radius 2 is 1.59 bits per heavy atom. The lowest BCUT2D eigenvalue weighted by Gasteiger charge is -2.31. The minimum atomic E-state index is -1.16. The van der Waals surface area contributed by atoms with Crippen molar-refractivity contribution >= 4 is 17.8 Å². The Hall–Kier alpha value is -4.92. The quantitative estimate of drug-likeness (QED) is 0.191. The Kier molecular flexibility index (Phi) is 9.52. The number of ketones is 1. The number of aromatic amines is 1. The first kappa shape index (κ1) is 29.1. The molecule has 0 aliphatic rings. The van der Waals surface area contributed by atoms with Crippen molar-refractivity contribution in [2.24, 2.45) is 5.92 Å². The number of aromatic nitrogens is 2. The molecule has 0 saturated heterocycles. The van der Waals surface area contributed by atoms with E-state index >= 15 is 0 Å². The number of ether oxygens (including phenoxy) is 2. The molecule has 212 valence electrons. The lowest BCUT2D eigenvalue weighted by molar-refractivity contribution is -0.138. The number of H-pyrrole nitrogens is 1. The number of carboxylic acid groups (broad SMARTS) is 1. The van der Waals surface area contributed by atoms with Crippen LogP contribution >= 0.6 is 0 Å². The molecule has 4 aromatic rings. The SMILES string of the molecule is CC(=O)c1ccc(OC(=O)N(CC(=O)O)C(CC(C)C)c2ccc(OCc3cnc(-c4ccccc4)[nH]3)cc2)cc1. The summed E-state index contributed by atoms with van der Waals surface area (Å²) in [5.41, 5.74) is 3.04. The van der Waals surface area contributed by atoms with Crippen molar-refractivity contribution < 1.29 is 29.0 Å². The molecule has 0 aliphatic heterocycles. The van der Waals surface area contributed by atoms with Gasteiger partial charge < -0.3 is 19.6 Å². The lowest BCUT2D eigenvalue weighted by atomic mass is 9.95. The Morgan fingerprint density at radius 1 is 0.927 bits per heavy atom. The minimum Gasteiger partial charge on any atom is -0.487 e. The van der Waals surface area contributed by atoms with Crippen LogP contribution in [0.5, 0.6) is 11.5 Å². The molecule has 3 aromatic carbocycles. The standard InChI is InChI=1S/C32H33N3O6/c1-21(2)17-29(35(19-30(37)38)32(39)41-28-15-9-23(10-16-28)22(3)36)24-11-13-27(14-12-24)40-20-26-18-33-31(34-26)25-7-5-4-6-8-25/h4-16,18,21,29H,17,19-20H2,1-3H3,(H,33,34)(H,37,38). The van der Waals surface area contributed by atoms with E-state index in [-0.39, 0.29) is 24.1 Å². The summed E-state index contributed by atoms with van der Waals surface area (Å²) in [6.07, 6.45) is 1.46. The largest absolute Gasteiger partial charge is 0.487 e. The van der Waals surface area contributed by atoms with Crippen molar-refractivity contribution in [2.45, 2.75) is 39.8 Å². The van der Waals surface area contributed by atoms with Gasteiger partial charge in [0, 0.05) is 11.1 Å². The molecule has 41 heavy (non-hydrogen) atoms. The first-order valence-electron chi connectivity index (χ1n) is 13.3. The van der Waals surface area contributed by atoms with Crippen LogP contribution in [-0.4, -0.2) is 44.4 Å². The molecule has 0 aliphatic carbocycles. The fraction of sp³-hybridized carbons (Fsp3) is 0.250. The van der Waals surface area contributed by atoms with Crippen LogP contribution in [0.15, 0.2) is 85.1 Å². The third kappa shape index (κ3) is 8.04. The molecule has 1 unspecified atom stereocenters. The molecule has 0 bridgehead atoms. The zero-order valence-electron chi connectivity index (χ0n) is 23.2. The van der Waals surface area contributed by atoms with E-state index < -0.39 is 24.6 Å². The third-order valence-corrected chi connectivity index (χ3v) is 6.41. The number of nitrogens with one attached hydrogen (secondary N) is 1. The highest BCUT2D eigenvalue weighted by Gasteiger charge is 2.30. The Balaban J connectivity index is 1.48. The Bertz CT molecular complexity index is 1460. The second-order valence-corrected chi connectivity index (χ2v) is 10.1. The van der Waals surface area contributed by atoms with Crippen LogP contribution in [0.25, 0.3) is 11.4 Å². The van der Waals surface area contributed by atoms with Gasteiger partial charge in [0.1, 0.15) is 30.5 Å². The number of carbonyl (C=O) groups excluding carboxylic acids is 2. The van der Waals surface area contributed by atoms with Gasteiger partial charge in [0.25, 0.3) is 0 Å². The number of Topliss-reactive ketones (excluding diaryl/α,β-unsaturated/α-hetero) is 1. The van der Waals surface area contributed by atoms with Gasteiger partial charge in [-0.25, -0.2) is 9.78 Å². The van der Waals surface area contributed by atoms with Crippen molar-refractivity contribution in [1.82, 2.24) is 14.9 Å². The maximum absolute atomic E-state index is 13.2. The van der Waals surface area contributed by atoms with Crippen LogP contribution in [-0.2, 0) is 11.4 Å². The molecule has 0 radical (unpaired) electrons. The van der Waals surface area contributed by atoms with Gasteiger partial charge in [-0.1, -0.05) is 56.3 Å². The normalized spacial score (nSPS) is 11.6. The molecule has 1 atom stereocenters. The number of amides is 1. The van der Waals surface area contributed by atoms with E-state index in [2.05, 4.69) is 9.97 Å². The second kappa shape index (κ2) is 13.4. The minimum absolute atomic E-state index is 0.110. The number of carboxylic acids is 1. The van der Waals surface area contributed by atoms with Crippen LogP contribution in [0.1, 0.15) is 54.8 Å². The highest BCUT2D eigenvalue weighted by Crippen LogP contribution is 2.30. The fourth-order valence-corrected chi connectivity index (χ4v) is 4.38. The van der Waals surface area contributed by atoms with Gasteiger partial charge in [-0.05, 0) is 61.2 Å². The van der Waals surface area contributed by atoms with Crippen LogP contribution in [0, 0.1) is 5.92 Å². The summed E-state index contributed by atoms with van der Waals surface area (Å²) in [6, 6.07) is 22.6. The van der Waals surface area contributed by atoms with E-state index in [0.29, 0.717) is 17.7 Å². The Morgan fingerprint density at radius 3 is 2.20 bits per heavy atom. The molecule has 1 aromatic heterocycles. The molecule has 9 heteroatoms. The number of imidazole rings is 1. The van der Waals surface area contributed by atoms with Gasteiger partial charge in [0.15, 0.2) is 5.78 Å².